The molecule has 2 aromatic rings. The van der Waals surface area contributed by atoms with Crippen molar-refractivity contribution in [1.82, 2.24) is 4.90 Å². The quantitative estimate of drug-likeness (QED) is 0.742. The van der Waals surface area contributed by atoms with Gasteiger partial charge in [0.1, 0.15) is 0 Å². The van der Waals surface area contributed by atoms with Gasteiger partial charge in [0, 0.05) is 31.5 Å². The largest absolute Gasteiger partial charge is 0.342 e. The predicted octanol–water partition coefficient (Wildman–Crippen LogP) is 3.04. The van der Waals surface area contributed by atoms with Gasteiger partial charge in [0.2, 0.25) is 5.91 Å². The molecule has 1 saturated heterocycles. The third-order valence-electron chi connectivity index (χ3n) is 4.93. The highest BCUT2D eigenvalue weighted by molar-refractivity contribution is 7.91. The van der Waals surface area contributed by atoms with Crippen LogP contribution in [0.3, 0.4) is 0 Å². The first-order valence-electron chi connectivity index (χ1n) is 9.10. The van der Waals surface area contributed by atoms with Crippen molar-refractivity contribution in [2.75, 3.05) is 18.8 Å². The summed E-state index contributed by atoms with van der Waals surface area (Å²) in [6.45, 7) is 0.571. The Morgan fingerprint density at radius 1 is 0.889 bits per heavy atom. The zero-order valence-corrected chi connectivity index (χ0v) is 15.9. The van der Waals surface area contributed by atoms with Crippen molar-refractivity contribution in [3.05, 3.63) is 71.8 Å². The van der Waals surface area contributed by atoms with Gasteiger partial charge in [-0.3, -0.25) is 9.59 Å². The van der Waals surface area contributed by atoms with Crippen molar-refractivity contribution in [3.63, 3.8) is 0 Å². The Morgan fingerprint density at radius 3 is 2.19 bits per heavy atom. The van der Waals surface area contributed by atoms with E-state index in [1.165, 1.54) is 0 Å². The molecule has 1 aliphatic rings. The number of hydrogen-bond acceptors (Lipinski definition) is 4. The summed E-state index contributed by atoms with van der Waals surface area (Å²) in [5.41, 5.74) is 1.36. The number of nitrogens with zero attached hydrogens (tertiary/aromatic N) is 1. The van der Waals surface area contributed by atoms with Gasteiger partial charge in [0.25, 0.3) is 0 Å². The maximum atomic E-state index is 12.6. The Balaban J connectivity index is 1.61. The number of rotatable bonds is 5. The maximum absolute atomic E-state index is 12.6. The van der Waals surface area contributed by atoms with Gasteiger partial charge in [-0.1, -0.05) is 60.7 Å². The van der Waals surface area contributed by atoms with Crippen LogP contribution in [0.4, 0.5) is 0 Å². The number of carbonyl (C=O) groups excluding carboxylic acids is 2. The van der Waals surface area contributed by atoms with Crippen molar-refractivity contribution in [2.45, 2.75) is 24.5 Å². The van der Waals surface area contributed by atoms with E-state index in [9.17, 15) is 18.0 Å². The normalized spacial score (nSPS) is 19.3. The van der Waals surface area contributed by atoms with Gasteiger partial charge < -0.3 is 4.90 Å². The second-order valence-electron chi connectivity index (χ2n) is 6.72. The molecule has 6 heteroatoms. The Bertz CT molecular complexity index is 894. The Kier molecular flexibility index (Phi) is 6.06. The summed E-state index contributed by atoms with van der Waals surface area (Å²) >= 11 is 0. The second kappa shape index (κ2) is 8.48. The predicted molar refractivity (Wildman–Crippen MR) is 104 cm³/mol. The van der Waals surface area contributed by atoms with Gasteiger partial charge >= 0.3 is 0 Å². The van der Waals surface area contributed by atoms with E-state index in [4.69, 9.17) is 0 Å². The summed E-state index contributed by atoms with van der Waals surface area (Å²) in [4.78, 5) is 26.3. The molecule has 5 nitrogen and oxygen atoms in total. The van der Waals surface area contributed by atoms with E-state index in [0.29, 0.717) is 18.5 Å². The Morgan fingerprint density at radius 2 is 1.52 bits per heavy atom. The lowest BCUT2D eigenvalue weighted by molar-refractivity contribution is -0.130. The minimum Gasteiger partial charge on any atom is -0.342 e. The van der Waals surface area contributed by atoms with E-state index in [1.54, 1.807) is 29.2 Å². The average Bonchev–Trinajstić information content (AvgIpc) is 2.85. The minimum atomic E-state index is -3.31. The molecule has 0 saturated carbocycles. The first kappa shape index (κ1) is 19.3. The molecule has 27 heavy (non-hydrogen) atoms. The summed E-state index contributed by atoms with van der Waals surface area (Å²) < 4.78 is 25.3. The third kappa shape index (κ3) is 4.83. The molecule has 3 rings (SSSR count). The molecule has 2 aromatic carbocycles. The van der Waals surface area contributed by atoms with Gasteiger partial charge in [-0.15, -0.1) is 0 Å². The van der Waals surface area contributed by atoms with E-state index >= 15 is 0 Å². The third-order valence-corrected chi connectivity index (χ3v) is 7.05. The summed E-state index contributed by atoms with van der Waals surface area (Å²) in [5, 5.41) is -0.581. The summed E-state index contributed by atoms with van der Waals surface area (Å²) in [6, 6.07) is 18.0. The van der Waals surface area contributed by atoms with Crippen LogP contribution < -0.4 is 0 Å². The van der Waals surface area contributed by atoms with E-state index < -0.39 is 15.1 Å². The molecule has 1 fully saturated rings. The molecule has 0 N–H and O–H groups in total. The molecule has 0 aliphatic carbocycles. The molecule has 1 atom stereocenters. The number of Topliss-reactive ketones (excluding diaryl/α,β-unsaturated/α-hetero) is 1. The van der Waals surface area contributed by atoms with Crippen LogP contribution in [-0.4, -0.2) is 43.9 Å². The van der Waals surface area contributed by atoms with Gasteiger partial charge in [-0.25, -0.2) is 8.42 Å². The number of carbonyl (C=O) groups is 2. The number of benzene rings is 2. The molecular formula is C21H23NO4S. The van der Waals surface area contributed by atoms with Crippen molar-refractivity contribution in [2.24, 2.45) is 0 Å². The molecule has 1 amide bonds. The zero-order chi connectivity index (χ0) is 19.3. The smallest absolute Gasteiger partial charge is 0.223 e. The lowest BCUT2D eigenvalue weighted by Gasteiger charge is -2.20. The molecule has 0 radical (unpaired) electrons. The molecule has 1 heterocycles. The second-order valence-corrected chi connectivity index (χ2v) is 9.03. The van der Waals surface area contributed by atoms with E-state index in [1.807, 2.05) is 36.4 Å². The lowest BCUT2D eigenvalue weighted by Crippen LogP contribution is -2.33. The Labute approximate surface area is 159 Å². The average molecular weight is 385 g/mol. The first-order chi connectivity index (χ1) is 13.0. The summed E-state index contributed by atoms with van der Waals surface area (Å²) in [6.07, 6.45) is 0.614. The number of sulfone groups is 1. The molecule has 142 valence electrons. The molecule has 1 aliphatic heterocycles. The van der Waals surface area contributed by atoms with Gasteiger partial charge in [0.15, 0.2) is 15.6 Å². The maximum Gasteiger partial charge on any atom is 0.223 e. The fraction of sp³-hybridized carbons (Fsp3) is 0.333. The highest BCUT2D eigenvalue weighted by atomic mass is 32.2. The number of amides is 1. The minimum absolute atomic E-state index is 0.0507. The summed E-state index contributed by atoms with van der Waals surface area (Å²) in [5.74, 6) is -0.290. The van der Waals surface area contributed by atoms with Gasteiger partial charge in [0.05, 0.1) is 11.0 Å². The van der Waals surface area contributed by atoms with Crippen LogP contribution in [0.15, 0.2) is 60.7 Å². The standard InChI is InChI=1S/C21H23NO4S/c23-19(17-7-3-1-4-8-17)11-12-21(24)22-14-13-20(27(25,26)16-15-22)18-9-5-2-6-10-18/h1-10,20H,11-16H2. The highest BCUT2D eigenvalue weighted by Gasteiger charge is 2.32. The topological polar surface area (TPSA) is 71.5 Å². The Hall–Kier alpha value is -2.47. The van der Waals surface area contributed by atoms with E-state index in [0.717, 1.165) is 5.56 Å². The van der Waals surface area contributed by atoms with Crippen molar-refractivity contribution in [3.8, 4) is 0 Å². The van der Waals surface area contributed by atoms with E-state index in [2.05, 4.69) is 0 Å². The molecule has 0 spiro atoms. The highest BCUT2D eigenvalue weighted by Crippen LogP contribution is 2.29. The van der Waals surface area contributed by atoms with Crippen LogP contribution in [-0.2, 0) is 14.6 Å². The van der Waals surface area contributed by atoms with Gasteiger partial charge in [-0.05, 0) is 12.0 Å². The molecule has 1 unspecified atom stereocenters. The van der Waals surface area contributed by atoms with Crippen LogP contribution in [0.2, 0.25) is 0 Å². The summed E-state index contributed by atoms with van der Waals surface area (Å²) in [7, 11) is -3.31. The van der Waals surface area contributed by atoms with Crippen LogP contribution in [0, 0.1) is 0 Å². The molecule has 0 bridgehead atoms. The van der Waals surface area contributed by atoms with Crippen LogP contribution in [0.1, 0.15) is 40.4 Å². The van der Waals surface area contributed by atoms with Crippen LogP contribution in [0.25, 0.3) is 0 Å². The number of hydrogen-bond donors (Lipinski definition) is 0. The molecular weight excluding hydrogens is 362 g/mol. The van der Waals surface area contributed by atoms with Crippen molar-refractivity contribution < 1.29 is 18.0 Å². The SMILES string of the molecule is O=C(CCC(=O)N1CCC(c2ccccc2)S(=O)(=O)CC1)c1ccccc1. The van der Waals surface area contributed by atoms with Gasteiger partial charge in [-0.2, -0.15) is 0 Å². The fourth-order valence-electron chi connectivity index (χ4n) is 3.38. The van der Waals surface area contributed by atoms with Crippen molar-refractivity contribution in [1.29, 1.82) is 0 Å². The lowest BCUT2D eigenvalue weighted by atomic mass is 10.1. The fourth-order valence-corrected chi connectivity index (χ4v) is 5.18. The van der Waals surface area contributed by atoms with E-state index in [-0.39, 0.29) is 36.8 Å². The monoisotopic (exact) mass is 385 g/mol. The van der Waals surface area contributed by atoms with Crippen LogP contribution in [0.5, 0.6) is 0 Å². The number of ketones is 1. The molecule has 0 aromatic heterocycles. The zero-order valence-electron chi connectivity index (χ0n) is 15.1. The first-order valence-corrected chi connectivity index (χ1v) is 10.8. The van der Waals surface area contributed by atoms with Crippen molar-refractivity contribution >= 4 is 21.5 Å². The van der Waals surface area contributed by atoms with Crippen LogP contribution >= 0.6 is 0 Å².